The first kappa shape index (κ1) is 11.3. The van der Waals surface area contributed by atoms with Gasteiger partial charge in [0.05, 0.1) is 0 Å². The maximum atomic E-state index is 3.47. The van der Waals surface area contributed by atoms with Crippen LogP contribution in [0.4, 0.5) is 11.4 Å². The van der Waals surface area contributed by atoms with Gasteiger partial charge in [0, 0.05) is 36.4 Å². The third-order valence-corrected chi connectivity index (χ3v) is 3.58. The summed E-state index contributed by atoms with van der Waals surface area (Å²) in [5.74, 6) is 0. The van der Waals surface area contributed by atoms with Crippen LogP contribution in [-0.2, 0) is 5.41 Å². The molecule has 0 saturated heterocycles. The Kier molecular flexibility index (Phi) is 2.83. The topological polar surface area (TPSA) is 15.3 Å². The van der Waals surface area contributed by atoms with Gasteiger partial charge in [0.2, 0.25) is 0 Å². The van der Waals surface area contributed by atoms with Gasteiger partial charge in [-0.2, -0.15) is 0 Å². The van der Waals surface area contributed by atoms with Gasteiger partial charge < -0.3 is 10.2 Å². The molecule has 1 heterocycles. The molecule has 0 unspecified atom stereocenters. The molecular formula is C14H22N2. The van der Waals surface area contributed by atoms with E-state index in [1.54, 1.807) is 0 Å². The van der Waals surface area contributed by atoms with Crippen LogP contribution in [0.3, 0.4) is 0 Å². The van der Waals surface area contributed by atoms with Crippen LogP contribution in [0.1, 0.15) is 33.3 Å². The molecule has 0 fully saturated rings. The fourth-order valence-electron chi connectivity index (χ4n) is 2.44. The van der Waals surface area contributed by atoms with Crippen molar-refractivity contribution in [2.75, 3.05) is 29.9 Å². The van der Waals surface area contributed by atoms with Crippen LogP contribution in [0.25, 0.3) is 0 Å². The summed E-state index contributed by atoms with van der Waals surface area (Å²) in [6.07, 6.45) is 0. The average Bonchev–Trinajstić information content (AvgIpc) is 2.57. The molecule has 2 rings (SSSR count). The number of anilines is 2. The Morgan fingerprint density at radius 3 is 2.56 bits per heavy atom. The van der Waals surface area contributed by atoms with Crippen LogP contribution in [0, 0.1) is 0 Å². The number of nitrogens with one attached hydrogen (secondary N) is 1. The summed E-state index contributed by atoms with van der Waals surface area (Å²) < 4.78 is 0. The maximum Gasteiger partial charge on any atom is 0.0380 e. The summed E-state index contributed by atoms with van der Waals surface area (Å²) in [5, 5.41) is 3.47. The Hall–Kier alpha value is -1.18. The van der Waals surface area contributed by atoms with Crippen LogP contribution in [0.15, 0.2) is 18.2 Å². The second-order valence-corrected chi connectivity index (χ2v) is 5.14. The Morgan fingerprint density at radius 2 is 1.94 bits per heavy atom. The highest BCUT2D eigenvalue weighted by atomic mass is 15.1. The largest absolute Gasteiger partial charge is 0.384 e. The number of fused-ring (bicyclic) bond motifs is 1. The Morgan fingerprint density at radius 1 is 1.25 bits per heavy atom. The van der Waals surface area contributed by atoms with E-state index in [1.807, 2.05) is 0 Å². The Bertz CT molecular complexity index is 378. The molecule has 0 amide bonds. The van der Waals surface area contributed by atoms with Crippen molar-refractivity contribution in [2.24, 2.45) is 0 Å². The van der Waals surface area contributed by atoms with E-state index in [4.69, 9.17) is 0 Å². The number of hydrogen-bond donors (Lipinski definition) is 1. The fourth-order valence-corrected chi connectivity index (χ4v) is 2.44. The molecule has 1 N–H and O–H groups in total. The number of nitrogens with zero attached hydrogens (tertiary/aromatic N) is 1. The molecule has 1 aromatic rings. The van der Waals surface area contributed by atoms with E-state index in [0.717, 1.165) is 19.6 Å². The minimum atomic E-state index is 0.262. The van der Waals surface area contributed by atoms with E-state index in [1.165, 1.54) is 16.9 Å². The zero-order chi connectivity index (χ0) is 11.8. The summed E-state index contributed by atoms with van der Waals surface area (Å²) in [5.41, 5.74) is 4.37. The molecule has 1 aromatic carbocycles. The predicted molar refractivity (Wildman–Crippen MR) is 71.5 cm³/mol. The lowest BCUT2D eigenvalue weighted by Gasteiger charge is -2.24. The van der Waals surface area contributed by atoms with Crippen molar-refractivity contribution in [3.63, 3.8) is 0 Å². The van der Waals surface area contributed by atoms with Gasteiger partial charge in [0.1, 0.15) is 0 Å². The summed E-state index contributed by atoms with van der Waals surface area (Å²) in [6, 6.07) is 6.79. The van der Waals surface area contributed by atoms with Crippen LogP contribution < -0.4 is 10.2 Å². The quantitative estimate of drug-likeness (QED) is 0.838. The number of rotatable bonds is 3. The summed E-state index contributed by atoms with van der Waals surface area (Å²) in [7, 11) is 0. The van der Waals surface area contributed by atoms with Gasteiger partial charge in [-0.05, 0) is 37.6 Å². The third-order valence-electron chi connectivity index (χ3n) is 3.58. The summed E-state index contributed by atoms with van der Waals surface area (Å²) >= 11 is 0. The summed E-state index contributed by atoms with van der Waals surface area (Å²) in [6.45, 7) is 12.2. The second kappa shape index (κ2) is 4.00. The van der Waals surface area contributed by atoms with Crippen molar-refractivity contribution in [1.29, 1.82) is 0 Å². The molecule has 0 aliphatic carbocycles. The lowest BCUT2D eigenvalue weighted by atomic mass is 9.86. The first-order chi connectivity index (χ1) is 7.58. The van der Waals surface area contributed by atoms with Gasteiger partial charge in [-0.25, -0.2) is 0 Å². The molecule has 0 radical (unpaired) electrons. The normalized spacial score (nSPS) is 16.8. The van der Waals surface area contributed by atoms with E-state index in [0.29, 0.717) is 0 Å². The van der Waals surface area contributed by atoms with E-state index in [-0.39, 0.29) is 5.41 Å². The van der Waals surface area contributed by atoms with E-state index >= 15 is 0 Å². The van der Waals surface area contributed by atoms with E-state index < -0.39 is 0 Å². The van der Waals surface area contributed by atoms with Crippen LogP contribution in [0.5, 0.6) is 0 Å². The fraction of sp³-hybridized carbons (Fsp3) is 0.571. The van der Waals surface area contributed by atoms with Crippen molar-refractivity contribution >= 4 is 11.4 Å². The minimum absolute atomic E-state index is 0.262. The third kappa shape index (κ3) is 1.77. The Balaban J connectivity index is 2.39. The molecule has 0 spiro atoms. The van der Waals surface area contributed by atoms with Crippen LogP contribution in [-0.4, -0.2) is 19.6 Å². The maximum absolute atomic E-state index is 3.47. The van der Waals surface area contributed by atoms with Crippen LogP contribution >= 0.6 is 0 Å². The molecule has 1 aliphatic rings. The SMILES string of the molecule is CCN(CC)c1ccc2c(c1)C(C)(C)CN2. The molecule has 0 aromatic heterocycles. The summed E-state index contributed by atoms with van der Waals surface area (Å²) in [4.78, 5) is 2.40. The lowest BCUT2D eigenvalue weighted by molar-refractivity contribution is 0.586. The van der Waals surface area contributed by atoms with Crippen molar-refractivity contribution in [2.45, 2.75) is 33.1 Å². The van der Waals surface area contributed by atoms with Crippen molar-refractivity contribution in [3.8, 4) is 0 Å². The standard InChI is InChI=1S/C14H22N2/c1-5-16(6-2)11-7-8-13-12(9-11)14(3,4)10-15-13/h7-9,15H,5-6,10H2,1-4H3. The second-order valence-electron chi connectivity index (χ2n) is 5.14. The van der Waals surface area contributed by atoms with Gasteiger partial charge >= 0.3 is 0 Å². The minimum Gasteiger partial charge on any atom is -0.384 e. The highest BCUT2D eigenvalue weighted by Crippen LogP contribution is 2.38. The van der Waals surface area contributed by atoms with E-state index in [9.17, 15) is 0 Å². The number of benzene rings is 1. The molecule has 88 valence electrons. The molecule has 0 bridgehead atoms. The zero-order valence-corrected chi connectivity index (χ0v) is 10.8. The molecular weight excluding hydrogens is 196 g/mol. The Labute approximate surface area is 98.7 Å². The molecule has 0 saturated carbocycles. The lowest BCUT2D eigenvalue weighted by Crippen LogP contribution is -2.23. The first-order valence-corrected chi connectivity index (χ1v) is 6.22. The number of hydrogen-bond acceptors (Lipinski definition) is 2. The first-order valence-electron chi connectivity index (χ1n) is 6.22. The van der Waals surface area contributed by atoms with Gasteiger partial charge in [-0.1, -0.05) is 13.8 Å². The molecule has 0 atom stereocenters. The average molecular weight is 218 g/mol. The molecule has 1 aliphatic heterocycles. The molecule has 2 nitrogen and oxygen atoms in total. The monoisotopic (exact) mass is 218 g/mol. The van der Waals surface area contributed by atoms with Crippen molar-refractivity contribution in [1.82, 2.24) is 0 Å². The molecule has 16 heavy (non-hydrogen) atoms. The van der Waals surface area contributed by atoms with Gasteiger partial charge in [0.25, 0.3) is 0 Å². The van der Waals surface area contributed by atoms with Crippen LogP contribution in [0.2, 0.25) is 0 Å². The van der Waals surface area contributed by atoms with Crippen molar-refractivity contribution in [3.05, 3.63) is 23.8 Å². The predicted octanol–water partition coefficient (Wildman–Crippen LogP) is 3.24. The smallest absolute Gasteiger partial charge is 0.0380 e. The highest BCUT2D eigenvalue weighted by molar-refractivity contribution is 5.66. The zero-order valence-electron chi connectivity index (χ0n) is 10.8. The molecule has 2 heteroatoms. The highest BCUT2D eigenvalue weighted by Gasteiger charge is 2.29. The van der Waals surface area contributed by atoms with Gasteiger partial charge in [-0.3, -0.25) is 0 Å². The van der Waals surface area contributed by atoms with Crippen molar-refractivity contribution < 1.29 is 0 Å². The van der Waals surface area contributed by atoms with Gasteiger partial charge in [-0.15, -0.1) is 0 Å². The van der Waals surface area contributed by atoms with E-state index in [2.05, 4.69) is 56.1 Å². The van der Waals surface area contributed by atoms with Gasteiger partial charge in [0.15, 0.2) is 0 Å².